The van der Waals surface area contributed by atoms with Crippen LogP contribution in [0, 0.1) is 0 Å². The van der Waals surface area contributed by atoms with Crippen molar-refractivity contribution in [2.24, 2.45) is 0 Å². The lowest BCUT2D eigenvalue weighted by Crippen LogP contribution is -2.34. The molecule has 0 saturated heterocycles. The molecule has 0 aliphatic rings. The van der Waals surface area contributed by atoms with Gasteiger partial charge in [-0.05, 0) is 24.3 Å². The quantitative estimate of drug-likeness (QED) is 0.621. The summed E-state index contributed by atoms with van der Waals surface area (Å²) in [6.07, 6.45) is 1.71. The molecule has 92 valence electrons. The van der Waals surface area contributed by atoms with Crippen molar-refractivity contribution >= 4 is 18.5 Å². The molecule has 17 heavy (non-hydrogen) atoms. The lowest BCUT2D eigenvalue weighted by atomic mass is 10.2. The minimum atomic E-state index is -0.0183. The Labute approximate surface area is 107 Å². The molecule has 0 unspecified atom stereocenters. The number of hydrogen-bond donors (Lipinski definition) is 1. The fraction of sp³-hybridized carbons (Fsp3) is 0.308. The Morgan fingerprint density at radius 2 is 2.12 bits per heavy atom. The van der Waals surface area contributed by atoms with Gasteiger partial charge in [-0.1, -0.05) is 6.08 Å². The third-order valence-electron chi connectivity index (χ3n) is 2.32. The van der Waals surface area contributed by atoms with Crippen LogP contribution in [0.2, 0.25) is 0 Å². The first-order chi connectivity index (χ1) is 8.19. The van der Waals surface area contributed by atoms with Crippen LogP contribution in [0.15, 0.2) is 41.8 Å². The van der Waals surface area contributed by atoms with Crippen molar-refractivity contribution in [2.75, 3.05) is 26.8 Å². The largest absolute Gasteiger partial charge is 0.383 e. The van der Waals surface area contributed by atoms with E-state index in [-0.39, 0.29) is 5.91 Å². The van der Waals surface area contributed by atoms with E-state index in [2.05, 4.69) is 19.2 Å². The Hall–Kier alpha value is -1.26. The summed E-state index contributed by atoms with van der Waals surface area (Å²) in [5, 5.41) is 0. The number of rotatable bonds is 6. The van der Waals surface area contributed by atoms with Gasteiger partial charge in [-0.15, -0.1) is 19.2 Å². The van der Waals surface area contributed by atoms with Gasteiger partial charge in [0.25, 0.3) is 5.91 Å². The second-order valence-corrected chi connectivity index (χ2v) is 4.10. The minimum absolute atomic E-state index is 0.0183. The van der Waals surface area contributed by atoms with Crippen LogP contribution in [-0.2, 0) is 4.74 Å². The Morgan fingerprint density at radius 3 is 2.65 bits per heavy atom. The number of amides is 1. The molecule has 0 fully saturated rings. The second kappa shape index (κ2) is 7.14. The molecule has 0 aliphatic heterocycles. The summed E-state index contributed by atoms with van der Waals surface area (Å²) < 4.78 is 4.98. The van der Waals surface area contributed by atoms with Gasteiger partial charge in [0.05, 0.1) is 6.61 Å². The fourth-order valence-corrected chi connectivity index (χ4v) is 1.57. The number of nitrogens with zero attached hydrogens (tertiary/aromatic N) is 1. The zero-order valence-corrected chi connectivity index (χ0v) is 10.8. The van der Waals surface area contributed by atoms with Crippen molar-refractivity contribution in [2.45, 2.75) is 4.90 Å². The highest BCUT2D eigenvalue weighted by Gasteiger charge is 2.13. The molecule has 0 aliphatic carbocycles. The van der Waals surface area contributed by atoms with Crippen LogP contribution < -0.4 is 0 Å². The van der Waals surface area contributed by atoms with Gasteiger partial charge in [-0.25, -0.2) is 0 Å². The van der Waals surface area contributed by atoms with Crippen LogP contribution in [-0.4, -0.2) is 37.6 Å². The van der Waals surface area contributed by atoms with Gasteiger partial charge in [-0.2, -0.15) is 0 Å². The summed E-state index contributed by atoms with van der Waals surface area (Å²) >= 11 is 4.19. The molecule has 0 N–H and O–H groups in total. The number of benzene rings is 1. The molecular formula is C13H17NO2S. The van der Waals surface area contributed by atoms with Crippen LogP contribution >= 0.6 is 12.6 Å². The van der Waals surface area contributed by atoms with Crippen molar-refractivity contribution in [3.05, 3.63) is 42.5 Å². The van der Waals surface area contributed by atoms with Crippen LogP contribution in [0.25, 0.3) is 0 Å². The van der Waals surface area contributed by atoms with Gasteiger partial charge < -0.3 is 9.64 Å². The van der Waals surface area contributed by atoms with Crippen molar-refractivity contribution in [1.29, 1.82) is 0 Å². The molecule has 1 amide bonds. The highest BCUT2D eigenvalue weighted by atomic mass is 32.1. The Kier molecular flexibility index (Phi) is 5.80. The van der Waals surface area contributed by atoms with E-state index in [9.17, 15) is 4.79 Å². The summed E-state index contributed by atoms with van der Waals surface area (Å²) in [7, 11) is 1.62. The van der Waals surface area contributed by atoms with Gasteiger partial charge in [0.2, 0.25) is 0 Å². The molecule has 4 heteroatoms. The monoisotopic (exact) mass is 251 g/mol. The number of thiol groups is 1. The number of ether oxygens (including phenoxy) is 1. The molecule has 0 aromatic heterocycles. The number of hydrogen-bond acceptors (Lipinski definition) is 3. The summed E-state index contributed by atoms with van der Waals surface area (Å²) in [5.74, 6) is -0.0183. The maximum Gasteiger partial charge on any atom is 0.254 e. The third kappa shape index (κ3) is 4.24. The Balaban J connectivity index is 2.75. The first-order valence-corrected chi connectivity index (χ1v) is 5.82. The summed E-state index contributed by atoms with van der Waals surface area (Å²) in [4.78, 5) is 14.7. The van der Waals surface area contributed by atoms with E-state index in [1.165, 1.54) is 0 Å². The highest BCUT2D eigenvalue weighted by Crippen LogP contribution is 2.10. The summed E-state index contributed by atoms with van der Waals surface area (Å²) in [6, 6.07) is 7.15. The van der Waals surface area contributed by atoms with Crippen molar-refractivity contribution in [3.8, 4) is 0 Å². The van der Waals surface area contributed by atoms with Crippen LogP contribution in [0.1, 0.15) is 10.4 Å². The van der Waals surface area contributed by atoms with E-state index in [1.807, 2.05) is 0 Å². The predicted octanol–water partition coefficient (Wildman–Crippen LogP) is 2.25. The lowest BCUT2D eigenvalue weighted by Gasteiger charge is -2.20. The van der Waals surface area contributed by atoms with Gasteiger partial charge in [0, 0.05) is 30.7 Å². The third-order valence-corrected chi connectivity index (χ3v) is 2.61. The van der Waals surface area contributed by atoms with E-state index in [4.69, 9.17) is 4.74 Å². The second-order valence-electron chi connectivity index (χ2n) is 3.58. The number of carbonyl (C=O) groups excluding carboxylic acids is 1. The highest BCUT2D eigenvalue weighted by molar-refractivity contribution is 7.80. The minimum Gasteiger partial charge on any atom is -0.383 e. The Morgan fingerprint density at radius 1 is 1.47 bits per heavy atom. The van der Waals surface area contributed by atoms with Crippen molar-refractivity contribution in [3.63, 3.8) is 0 Å². The van der Waals surface area contributed by atoms with Gasteiger partial charge in [0.15, 0.2) is 0 Å². The Bertz CT molecular complexity index is 376. The predicted molar refractivity (Wildman–Crippen MR) is 71.7 cm³/mol. The average molecular weight is 251 g/mol. The first kappa shape index (κ1) is 13.8. The number of methoxy groups -OCH3 is 1. The zero-order valence-electron chi connectivity index (χ0n) is 9.93. The van der Waals surface area contributed by atoms with Crippen LogP contribution in [0.4, 0.5) is 0 Å². The molecule has 0 radical (unpaired) electrons. The maximum absolute atomic E-state index is 12.1. The van der Waals surface area contributed by atoms with Crippen molar-refractivity contribution in [1.82, 2.24) is 4.90 Å². The van der Waals surface area contributed by atoms with Crippen LogP contribution in [0.3, 0.4) is 0 Å². The van der Waals surface area contributed by atoms with Crippen molar-refractivity contribution < 1.29 is 9.53 Å². The standard InChI is InChI=1S/C13H17NO2S/c1-3-8-14(9-10-16-2)13(15)11-4-6-12(17)7-5-11/h3-7,17H,1,8-10H2,2H3. The molecule has 0 atom stereocenters. The smallest absolute Gasteiger partial charge is 0.254 e. The average Bonchev–Trinajstić information content (AvgIpc) is 2.34. The molecule has 1 aromatic rings. The topological polar surface area (TPSA) is 29.5 Å². The van der Waals surface area contributed by atoms with E-state index < -0.39 is 0 Å². The fourth-order valence-electron chi connectivity index (χ4n) is 1.42. The van der Waals surface area contributed by atoms with E-state index in [0.717, 1.165) is 4.90 Å². The number of carbonyl (C=O) groups is 1. The molecule has 1 rings (SSSR count). The summed E-state index contributed by atoms with van der Waals surface area (Å²) in [6.45, 7) is 5.25. The van der Waals surface area contributed by atoms with E-state index in [1.54, 1.807) is 42.4 Å². The molecule has 0 saturated carbocycles. The molecular weight excluding hydrogens is 234 g/mol. The molecule has 3 nitrogen and oxygen atoms in total. The maximum atomic E-state index is 12.1. The molecule has 0 heterocycles. The normalized spacial score (nSPS) is 10.0. The zero-order chi connectivity index (χ0) is 12.7. The first-order valence-electron chi connectivity index (χ1n) is 5.37. The molecule has 0 spiro atoms. The SMILES string of the molecule is C=CCN(CCOC)C(=O)c1ccc(S)cc1. The van der Waals surface area contributed by atoms with Crippen LogP contribution in [0.5, 0.6) is 0 Å². The van der Waals surface area contributed by atoms with Gasteiger partial charge >= 0.3 is 0 Å². The lowest BCUT2D eigenvalue weighted by molar-refractivity contribution is 0.0718. The van der Waals surface area contributed by atoms with E-state index >= 15 is 0 Å². The summed E-state index contributed by atoms with van der Waals surface area (Å²) in [5.41, 5.74) is 0.653. The molecule has 1 aromatic carbocycles. The van der Waals surface area contributed by atoms with Gasteiger partial charge in [-0.3, -0.25) is 4.79 Å². The van der Waals surface area contributed by atoms with Gasteiger partial charge in [0.1, 0.15) is 0 Å². The van der Waals surface area contributed by atoms with E-state index in [0.29, 0.717) is 25.3 Å². The molecule has 0 bridgehead atoms.